The molecule has 0 saturated heterocycles. The summed E-state index contributed by atoms with van der Waals surface area (Å²) >= 11 is 0. The number of rotatable bonds is 0. The Labute approximate surface area is 41.9 Å². The highest BCUT2D eigenvalue weighted by Gasteiger charge is 1.60. The summed E-state index contributed by atoms with van der Waals surface area (Å²) in [5.41, 5.74) is -0.0856. The van der Waals surface area contributed by atoms with Crippen molar-refractivity contribution in [2.45, 2.75) is 20.6 Å². The van der Waals surface area contributed by atoms with Crippen LogP contribution in [0, 0.1) is 0 Å². The van der Waals surface area contributed by atoms with E-state index in [-0.39, 0.29) is 5.57 Å². The molecule has 0 heterocycles. The summed E-state index contributed by atoms with van der Waals surface area (Å²) in [5, 5.41) is 0. The van der Waals surface area contributed by atoms with Gasteiger partial charge in [0.15, 0.2) is 0 Å². The van der Waals surface area contributed by atoms with E-state index in [9.17, 15) is 0 Å². The molecule has 0 rings (SSSR count). The highest BCUT2D eigenvalue weighted by molar-refractivity contribution is 4.88. The Morgan fingerprint density at radius 3 is 3.00 bits per heavy atom. The summed E-state index contributed by atoms with van der Waals surface area (Å²) in [4.78, 5) is 0. The molecule has 0 amide bonds. The minimum atomic E-state index is -2.29. The highest BCUT2D eigenvalue weighted by Crippen LogP contribution is 1.82. The molecule has 0 aliphatic rings. The average Bonchev–Trinajstić information content (AvgIpc) is 1.56. The van der Waals surface area contributed by atoms with Gasteiger partial charge in [-0.25, -0.2) is 0 Å². The van der Waals surface area contributed by atoms with Crippen molar-refractivity contribution < 1.29 is 8.22 Å². The first-order valence-corrected chi connectivity index (χ1v) is 1.33. The molecule has 0 fully saturated rings. The number of allylic oxidation sites excluding steroid dienone is 2. The Morgan fingerprint density at radius 1 is 2.00 bits per heavy atom. The van der Waals surface area contributed by atoms with Crippen LogP contribution in [0.25, 0.3) is 0 Å². The molecule has 0 saturated carbocycles. The van der Waals surface area contributed by atoms with Gasteiger partial charge in [-0.1, -0.05) is 11.6 Å². The Balaban J connectivity index is 4.49. The summed E-state index contributed by atoms with van der Waals surface area (Å²) < 4.78 is 40.7. The molecule has 0 heteroatoms. The normalized spacial score (nSPS) is 35.0. The lowest BCUT2D eigenvalue weighted by atomic mass is 10.3. The lowest BCUT2D eigenvalue weighted by Gasteiger charge is -1.74. The summed E-state index contributed by atoms with van der Waals surface area (Å²) in [6.07, 6.45) is 0.792. The Kier molecular flexibility index (Phi) is 0.281. The fraction of sp³-hybridized carbons (Fsp3) is 0.600. The Morgan fingerprint density at radius 2 is 2.80 bits per heavy atom. The average molecular weight is 76.2 g/mol. The first-order valence-electron chi connectivity index (χ1n) is 4.33. The molecule has 30 valence electrons. The van der Waals surface area contributed by atoms with Crippen molar-refractivity contribution in [2.75, 3.05) is 0 Å². The molecule has 0 bridgehead atoms. The summed E-state index contributed by atoms with van der Waals surface area (Å²) in [7, 11) is 0. The molecule has 0 atom stereocenters. The molecular weight excluding hydrogens is 60.1 g/mol. The Hall–Kier alpha value is -0.260. The van der Waals surface area contributed by atoms with E-state index < -0.39 is 13.7 Å². The quantitative estimate of drug-likeness (QED) is 0.387. The number of hydrogen-bond acceptors (Lipinski definition) is 0. The molecule has 0 aromatic rings. The molecule has 5 heavy (non-hydrogen) atoms. The van der Waals surface area contributed by atoms with Crippen LogP contribution in [0.4, 0.5) is 0 Å². The minimum Gasteiger partial charge on any atom is -0.0890 e. The Bertz CT molecular complexity index is 159. The van der Waals surface area contributed by atoms with Crippen LogP contribution in [0.2, 0.25) is 0 Å². The van der Waals surface area contributed by atoms with Crippen LogP contribution >= 0.6 is 0 Å². The van der Waals surface area contributed by atoms with Crippen molar-refractivity contribution in [3.05, 3.63) is 11.6 Å². The SMILES string of the molecule is [2H]C([2H])([2H])/C=C(/C)C([2H])([2H])[2H]. The van der Waals surface area contributed by atoms with E-state index in [0.717, 1.165) is 6.08 Å². The monoisotopic (exact) mass is 76.1 g/mol. The van der Waals surface area contributed by atoms with Gasteiger partial charge in [-0.05, 0) is 20.6 Å². The van der Waals surface area contributed by atoms with Gasteiger partial charge in [-0.3, -0.25) is 0 Å². The minimum absolute atomic E-state index is 0.0856. The number of hydrogen-bond donors (Lipinski definition) is 0. The molecule has 0 unspecified atom stereocenters. The maximum atomic E-state index is 6.83. The van der Waals surface area contributed by atoms with Crippen molar-refractivity contribution in [1.82, 2.24) is 0 Å². The standard InChI is InChI=1S/C5H10/c1-4-5(2)3/h4H,1-3H3/i1D3,2D3/b5-4+. The molecular formula is C5H10. The third kappa shape index (κ3) is 3.74. The second-order valence-corrected chi connectivity index (χ2v) is 0.827. The summed E-state index contributed by atoms with van der Waals surface area (Å²) in [5.74, 6) is 0. The molecule has 0 N–H and O–H groups in total. The van der Waals surface area contributed by atoms with Gasteiger partial charge >= 0.3 is 0 Å². The lowest BCUT2D eigenvalue weighted by Crippen LogP contribution is -1.52. The van der Waals surface area contributed by atoms with Gasteiger partial charge in [-0.2, -0.15) is 0 Å². The van der Waals surface area contributed by atoms with Gasteiger partial charge in [0, 0.05) is 8.22 Å². The van der Waals surface area contributed by atoms with Gasteiger partial charge in [0.1, 0.15) is 0 Å². The maximum absolute atomic E-state index is 6.83. The third-order valence-corrected chi connectivity index (χ3v) is 0.217. The first-order chi connectivity index (χ1) is 4.63. The van der Waals surface area contributed by atoms with Crippen LogP contribution in [0.15, 0.2) is 11.6 Å². The zero-order valence-electron chi connectivity index (χ0n) is 9.08. The summed E-state index contributed by atoms with van der Waals surface area (Å²) in [6.45, 7) is -3.29. The van der Waals surface area contributed by atoms with Crippen molar-refractivity contribution >= 4 is 0 Å². The van der Waals surface area contributed by atoms with Crippen LogP contribution < -0.4 is 0 Å². The van der Waals surface area contributed by atoms with Gasteiger partial charge in [0.2, 0.25) is 0 Å². The highest BCUT2D eigenvalue weighted by atomic mass is 13.7. The topological polar surface area (TPSA) is 0 Å². The molecule has 0 aliphatic heterocycles. The van der Waals surface area contributed by atoms with Crippen LogP contribution in [-0.4, -0.2) is 0 Å². The van der Waals surface area contributed by atoms with Crippen LogP contribution in [0.1, 0.15) is 28.9 Å². The molecule has 0 aromatic heterocycles. The maximum Gasteiger partial charge on any atom is 0.0276 e. The van der Waals surface area contributed by atoms with Crippen LogP contribution in [0.5, 0.6) is 0 Å². The summed E-state index contributed by atoms with van der Waals surface area (Å²) in [6, 6.07) is 0. The molecule has 0 spiro atoms. The van der Waals surface area contributed by atoms with E-state index >= 15 is 0 Å². The second kappa shape index (κ2) is 2.01. The second-order valence-electron chi connectivity index (χ2n) is 0.827. The zero-order valence-corrected chi connectivity index (χ0v) is 3.08. The van der Waals surface area contributed by atoms with Gasteiger partial charge in [0.25, 0.3) is 0 Å². The van der Waals surface area contributed by atoms with E-state index in [1.807, 2.05) is 0 Å². The van der Waals surface area contributed by atoms with Crippen molar-refractivity contribution in [3.63, 3.8) is 0 Å². The molecule has 0 aromatic carbocycles. The van der Waals surface area contributed by atoms with E-state index in [4.69, 9.17) is 8.22 Å². The van der Waals surface area contributed by atoms with E-state index in [1.165, 1.54) is 6.92 Å². The van der Waals surface area contributed by atoms with E-state index in [1.54, 1.807) is 0 Å². The van der Waals surface area contributed by atoms with Gasteiger partial charge in [0.05, 0.1) is 0 Å². The third-order valence-electron chi connectivity index (χ3n) is 0.217. The molecule has 0 aliphatic carbocycles. The van der Waals surface area contributed by atoms with Crippen molar-refractivity contribution in [3.8, 4) is 0 Å². The van der Waals surface area contributed by atoms with Crippen LogP contribution in [-0.2, 0) is 0 Å². The van der Waals surface area contributed by atoms with E-state index in [2.05, 4.69) is 0 Å². The van der Waals surface area contributed by atoms with Gasteiger partial charge in [-0.15, -0.1) is 0 Å². The smallest absolute Gasteiger partial charge is 0.0276 e. The van der Waals surface area contributed by atoms with Crippen molar-refractivity contribution in [1.29, 1.82) is 0 Å². The predicted molar refractivity (Wildman–Crippen MR) is 25.1 cm³/mol. The lowest BCUT2D eigenvalue weighted by molar-refractivity contribution is 1.36. The van der Waals surface area contributed by atoms with Crippen LogP contribution in [0.3, 0.4) is 0 Å². The van der Waals surface area contributed by atoms with Crippen molar-refractivity contribution in [2.24, 2.45) is 0 Å². The molecule has 0 nitrogen and oxygen atoms in total. The predicted octanol–water partition coefficient (Wildman–Crippen LogP) is 1.97. The van der Waals surface area contributed by atoms with E-state index in [0.29, 0.717) is 0 Å². The fourth-order valence-corrected chi connectivity index (χ4v) is 0. The van der Waals surface area contributed by atoms with Gasteiger partial charge < -0.3 is 0 Å². The zero-order chi connectivity index (χ0) is 9.28. The molecule has 0 radical (unpaired) electrons. The fourth-order valence-electron chi connectivity index (χ4n) is 0. The largest absolute Gasteiger partial charge is 0.0890 e. The first kappa shape index (κ1) is 0.699.